The zero-order chi connectivity index (χ0) is 28.6. The Morgan fingerprint density at radius 1 is 0.395 bits per heavy atom. The van der Waals surface area contributed by atoms with Crippen molar-refractivity contribution >= 4 is 31.5 Å². The summed E-state index contributed by atoms with van der Waals surface area (Å²) >= 11 is 1.82. The maximum atomic E-state index is 5.13. The van der Waals surface area contributed by atoms with Crippen molar-refractivity contribution in [1.82, 2.24) is 19.9 Å². The van der Waals surface area contributed by atoms with E-state index in [9.17, 15) is 0 Å². The molecule has 0 spiro atoms. The van der Waals surface area contributed by atoms with Gasteiger partial charge in [0.15, 0.2) is 5.82 Å². The summed E-state index contributed by atoms with van der Waals surface area (Å²) in [6, 6.07) is 42.2. The second-order valence-corrected chi connectivity index (χ2v) is 11.5. The van der Waals surface area contributed by atoms with E-state index in [1.54, 1.807) is 12.4 Å². The molecule has 0 amide bonds. The number of hydrogen-bond donors (Lipinski definition) is 0. The van der Waals surface area contributed by atoms with Crippen LogP contribution in [0.4, 0.5) is 0 Å². The topological polar surface area (TPSA) is 51.6 Å². The van der Waals surface area contributed by atoms with Crippen LogP contribution in [0.1, 0.15) is 0 Å². The quantitative estimate of drug-likeness (QED) is 0.207. The van der Waals surface area contributed by atoms with Crippen molar-refractivity contribution in [2.45, 2.75) is 0 Å². The Kier molecular flexibility index (Phi) is 6.28. The van der Waals surface area contributed by atoms with E-state index in [1.807, 2.05) is 54.1 Å². The molecule has 0 atom stereocenters. The van der Waals surface area contributed by atoms with Crippen molar-refractivity contribution in [2.75, 3.05) is 0 Å². The van der Waals surface area contributed by atoms with Crippen molar-refractivity contribution in [3.8, 4) is 56.2 Å². The summed E-state index contributed by atoms with van der Waals surface area (Å²) in [6.07, 6.45) is 7.39. The predicted molar refractivity (Wildman–Crippen MR) is 178 cm³/mol. The predicted octanol–water partition coefficient (Wildman–Crippen LogP) is 9.97. The number of pyridine rings is 2. The minimum Gasteiger partial charge on any atom is -0.264 e. The van der Waals surface area contributed by atoms with E-state index in [0.29, 0.717) is 5.82 Å². The first-order chi connectivity index (χ1) is 21.3. The summed E-state index contributed by atoms with van der Waals surface area (Å²) in [5, 5.41) is 2.52. The SMILES string of the molecule is c1ccc(-c2nc(-c3cc(-c4cccnc4)cc(-c4cccnc4)c3)cc(-c3ccc4sc5ccccc5c4c3)n2)cc1. The third kappa shape index (κ3) is 4.86. The van der Waals surface area contributed by atoms with Crippen LogP contribution in [0.25, 0.3) is 76.3 Å². The van der Waals surface area contributed by atoms with Gasteiger partial charge < -0.3 is 0 Å². The molecule has 4 heterocycles. The van der Waals surface area contributed by atoms with E-state index in [-0.39, 0.29) is 0 Å². The number of thiophene rings is 1. The summed E-state index contributed by atoms with van der Waals surface area (Å²) in [7, 11) is 0. The smallest absolute Gasteiger partial charge is 0.160 e. The Morgan fingerprint density at radius 3 is 1.70 bits per heavy atom. The lowest BCUT2D eigenvalue weighted by molar-refractivity contribution is 1.18. The van der Waals surface area contributed by atoms with Gasteiger partial charge in [0, 0.05) is 72.8 Å². The van der Waals surface area contributed by atoms with E-state index in [4.69, 9.17) is 9.97 Å². The molecule has 0 aliphatic heterocycles. The number of rotatable bonds is 5. The normalized spacial score (nSPS) is 11.3. The van der Waals surface area contributed by atoms with E-state index in [2.05, 4.69) is 101 Å². The molecule has 4 aromatic carbocycles. The molecule has 8 rings (SSSR count). The van der Waals surface area contributed by atoms with Crippen molar-refractivity contribution in [3.63, 3.8) is 0 Å². The molecule has 4 nitrogen and oxygen atoms in total. The largest absolute Gasteiger partial charge is 0.264 e. The van der Waals surface area contributed by atoms with Gasteiger partial charge in [0.05, 0.1) is 11.4 Å². The number of aromatic nitrogens is 4. The third-order valence-electron chi connectivity index (χ3n) is 7.65. The maximum Gasteiger partial charge on any atom is 0.160 e. The van der Waals surface area contributed by atoms with Crippen LogP contribution >= 0.6 is 11.3 Å². The van der Waals surface area contributed by atoms with E-state index in [1.165, 1.54) is 20.2 Å². The fraction of sp³-hybridized carbons (Fsp3) is 0. The molecule has 0 radical (unpaired) electrons. The van der Waals surface area contributed by atoms with Gasteiger partial charge in [0.1, 0.15) is 0 Å². The molecule has 43 heavy (non-hydrogen) atoms. The van der Waals surface area contributed by atoms with Crippen LogP contribution in [0.3, 0.4) is 0 Å². The van der Waals surface area contributed by atoms with Crippen LogP contribution in [-0.2, 0) is 0 Å². The second-order valence-electron chi connectivity index (χ2n) is 10.4. The lowest BCUT2D eigenvalue weighted by Gasteiger charge is -2.13. The lowest BCUT2D eigenvalue weighted by atomic mass is 9.95. The highest BCUT2D eigenvalue weighted by Crippen LogP contribution is 2.38. The standard InChI is InChI=1S/C38H24N4S/c1-2-8-25(9-3-1)38-41-34(26-14-15-37-33(21-26)32-12-4-5-13-36(32)43-37)22-35(42-38)31-19-29(27-10-6-16-39-23-27)18-30(20-31)28-11-7-17-40-24-28/h1-24H. The summed E-state index contributed by atoms with van der Waals surface area (Å²) in [6.45, 7) is 0. The van der Waals surface area contributed by atoms with Gasteiger partial charge in [-0.25, -0.2) is 9.97 Å². The lowest BCUT2D eigenvalue weighted by Crippen LogP contribution is -1.96. The highest BCUT2D eigenvalue weighted by Gasteiger charge is 2.15. The Hall–Kier alpha value is -5.52. The molecule has 0 bridgehead atoms. The van der Waals surface area contributed by atoms with Gasteiger partial charge >= 0.3 is 0 Å². The zero-order valence-corrected chi connectivity index (χ0v) is 23.9. The summed E-state index contributed by atoms with van der Waals surface area (Å²) < 4.78 is 2.56. The Bertz CT molecular complexity index is 2170. The molecule has 0 aliphatic rings. The average Bonchev–Trinajstić information content (AvgIpc) is 3.47. The van der Waals surface area contributed by atoms with Gasteiger partial charge in [-0.15, -0.1) is 11.3 Å². The zero-order valence-electron chi connectivity index (χ0n) is 23.1. The third-order valence-corrected chi connectivity index (χ3v) is 8.80. The van der Waals surface area contributed by atoms with Crippen molar-refractivity contribution in [1.29, 1.82) is 0 Å². The summed E-state index contributed by atoms with van der Waals surface area (Å²) in [4.78, 5) is 19.0. The van der Waals surface area contributed by atoms with E-state index in [0.717, 1.165) is 50.3 Å². The van der Waals surface area contributed by atoms with Crippen LogP contribution in [0.15, 0.2) is 146 Å². The molecule has 4 aromatic heterocycles. The van der Waals surface area contributed by atoms with Gasteiger partial charge in [0.2, 0.25) is 0 Å². The molecule has 0 saturated carbocycles. The van der Waals surface area contributed by atoms with Crippen molar-refractivity contribution in [3.05, 3.63) is 146 Å². The monoisotopic (exact) mass is 568 g/mol. The Balaban J connectivity index is 1.35. The summed E-state index contributed by atoms with van der Waals surface area (Å²) in [5.74, 6) is 0.693. The highest BCUT2D eigenvalue weighted by molar-refractivity contribution is 7.25. The molecule has 8 aromatic rings. The average molecular weight is 569 g/mol. The molecule has 0 unspecified atom stereocenters. The fourth-order valence-electron chi connectivity index (χ4n) is 5.52. The maximum absolute atomic E-state index is 5.13. The Morgan fingerprint density at radius 2 is 1.00 bits per heavy atom. The van der Waals surface area contributed by atoms with Crippen LogP contribution < -0.4 is 0 Å². The number of fused-ring (bicyclic) bond motifs is 3. The molecule has 0 N–H and O–H groups in total. The molecule has 5 heteroatoms. The minimum atomic E-state index is 0.693. The highest BCUT2D eigenvalue weighted by atomic mass is 32.1. The van der Waals surface area contributed by atoms with Gasteiger partial charge in [-0.1, -0.05) is 66.7 Å². The number of nitrogens with zero attached hydrogens (tertiary/aromatic N) is 4. The first-order valence-corrected chi connectivity index (χ1v) is 14.9. The summed E-state index contributed by atoms with van der Waals surface area (Å²) in [5.41, 5.74) is 9.00. The first-order valence-electron chi connectivity index (χ1n) is 14.1. The second kappa shape index (κ2) is 10.7. The van der Waals surface area contributed by atoms with Crippen LogP contribution in [0.2, 0.25) is 0 Å². The Labute approximate surface area is 253 Å². The number of benzene rings is 4. The molecule has 0 fully saturated rings. The fourth-order valence-corrected chi connectivity index (χ4v) is 6.61. The van der Waals surface area contributed by atoms with Gasteiger partial charge in [-0.05, 0) is 65.7 Å². The minimum absolute atomic E-state index is 0.693. The van der Waals surface area contributed by atoms with Crippen LogP contribution in [0.5, 0.6) is 0 Å². The first kappa shape index (κ1) is 25.2. The van der Waals surface area contributed by atoms with E-state index < -0.39 is 0 Å². The van der Waals surface area contributed by atoms with Crippen molar-refractivity contribution < 1.29 is 0 Å². The molecule has 202 valence electrons. The number of hydrogen-bond acceptors (Lipinski definition) is 5. The van der Waals surface area contributed by atoms with Gasteiger partial charge in [-0.2, -0.15) is 0 Å². The van der Waals surface area contributed by atoms with Gasteiger partial charge in [0.25, 0.3) is 0 Å². The van der Waals surface area contributed by atoms with Crippen LogP contribution in [-0.4, -0.2) is 19.9 Å². The van der Waals surface area contributed by atoms with Gasteiger partial charge in [-0.3, -0.25) is 9.97 Å². The molecule has 0 aliphatic carbocycles. The van der Waals surface area contributed by atoms with Crippen molar-refractivity contribution in [2.24, 2.45) is 0 Å². The van der Waals surface area contributed by atoms with Crippen LogP contribution in [0, 0.1) is 0 Å². The molecular formula is C38H24N4S. The van der Waals surface area contributed by atoms with E-state index >= 15 is 0 Å². The molecule has 0 saturated heterocycles. The molecular weight excluding hydrogens is 545 g/mol.